The molecule has 134 valence electrons. The summed E-state index contributed by atoms with van der Waals surface area (Å²) in [6.45, 7) is 3.91. The Morgan fingerprint density at radius 3 is 2.44 bits per heavy atom. The Morgan fingerprint density at radius 1 is 1.12 bits per heavy atom. The van der Waals surface area contributed by atoms with Crippen molar-refractivity contribution in [1.29, 1.82) is 0 Å². The molecule has 2 aromatic rings. The first-order chi connectivity index (χ1) is 11.8. The van der Waals surface area contributed by atoms with E-state index in [1.54, 1.807) is 18.7 Å². The minimum atomic E-state index is -3.77. The molecule has 0 aliphatic rings. The summed E-state index contributed by atoms with van der Waals surface area (Å²) in [6.07, 6.45) is 0. The zero-order valence-corrected chi connectivity index (χ0v) is 15.7. The van der Waals surface area contributed by atoms with E-state index in [9.17, 15) is 18.5 Å². The average molecular weight is 380 g/mol. The van der Waals surface area contributed by atoms with Crippen LogP contribution in [0.1, 0.15) is 16.7 Å². The number of hydrogen-bond acceptors (Lipinski definition) is 5. The highest BCUT2D eigenvalue weighted by Gasteiger charge is 2.19. The lowest BCUT2D eigenvalue weighted by atomic mass is 10.2. The molecule has 0 amide bonds. The number of sulfonamides is 1. The molecule has 0 aliphatic heterocycles. The van der Waals surface area contributed by atoms with Crippen LogP contribution in [-0.4, -0.2) is 25.6 Å². The highest BCUT2D eigenvalue weighted by atomic mass is 32.2. The minimum absolute atomic E-state index is 0.0507. The van der Waals surface area contributed by atoms with E-state index in [1.165, 1.54) is 23.3 Å². The predicted octanol–water partition coefficient (Wildman–Crippen LogP) is 3.42. The molecule has 0 aliphatic carbocycles. The van der Waals surface area contributed by atoms with E-state index in [2.05, 4.69) is 16.9 Å². The maximum Gasteiger partial charge on any atom is 0.270 e. The van der Waals surface area contributed by atoms with Gasteiger partial charge in [0.25, 0.3) is 5.69 Å². The molecular formula is C17H20N2O4S2. The molecular weight excluding hydrogens is 360 g/mol. The van der Waals surface area contributed by atoms with Crippen LogP contribution in [0.25, 0.3) is 0 Å². The Balaban J connectivity index is 1.90. The third-order valence-corrected chi connectivity index (χ3v) is 6.23. The quantitative estimate of drug-likeness (QED) is 0.430. The SMILES string of the molecule is Cc1ccc(CSCCNS(=O)(=O)c2cc([N+](=O)[O-])ccc2C)cc1. The maximum atomic E-state index is 12.4. The van der Waals surface area contributed by atoms with Crippen LogP contribution in [0, 0.1) is 24.0 Å². The number of benzene rings is 2. The molecule has 0 radical (unpaired) electrons. The van der Waals surface area contributed by atoms with Gasteiger partial charge in [0.05, 0.1) is 9.82 Å². The Hall–Kier alpha value is -1.90. The molecule has 0 fully saturated rings. The molecule has 0 heterocycles. The van der Waals surface area contributed by atoms with E-state index < -0.39 is 14.9 Å². The fraction of sp³-hybridized carbons (Fsp3) is 0.294. The number of nitro groups is 1. The largest absolute Gasteiger partial charge is 0.270 e. The molecule has 8 heteroatoms. The smallest absolute Gasteiger partial charge is 0.258 e. The lowest BCUT2D eigenvalue weighted by molar-refractivity contribution is -0.385. The second-order valence-electron chi connectivity index (χ2n) is 5.64. The number of hydrogen-bond donors (Lipinski definition) is 1. The summed E-state index contributed by atoms with van der Waals surface area (Å²) >= 11 is 1.63. The van der Waals surface area contributed by atoms with Gasteiger partial charge in [-0.15, -0.1) is 0 Å². The van der Waals surface area contributed by atoms with Crippen LogP contribution in [0.4, 0.5) is 5.69 Å². The van der Waals surface area contributed by atoms with Gasteiger partial charge in [-0.2, -0.15) is 11.8 Å². The van der Waals surface area contributed by atoms with Crippen molar-refractivity contribution in [3.63, 3.8) is 0 Å². The van der Waals surface area contributed by atoms with Gasteiger partial charge in [0.2, 0.25) is 10.0 Å². The Kier molecular flexibility index (Phi) is 6.57. The lowest BCUT2D eigenvalue weighted by Gasteiger charge is -2.09. The molecule has 0 aromatic heterocycles. The minimum Gasteiger partial charge on any atom is -0.258 e. The molecule has 1 N–H and O–H groups in total. The van der Waals surface area contributed by atoms with Crippen LogP contribution in [-0.2, 0) is 15.8 Å². The van der Waals surface area contributed by atoms with Crippen LogP contribution in [0.3, 0.4) is 0 Å². The van der Waals surface area contributed by atoms with E-state index in [-0.39, 0.29) is 17.1 Å². The zero-order valence-electron chi connectivity index (χ0n) is 14.1. The van der Waals surface area contributed by atoms with Gasteiger partial charge >= 0.3 is 0 Å². The number of thioether (sulfide) groups is 1. The third-order valence-electron chi connectivity index (χ3n) is 3.60. The van der Waals surface area contributed by atoms with Gasteiger partial charge in [0, 0.05) is 30.2 Å². The first-order valence-electron chi connectivity index (χ1n) is 7.67. The summed E-state index contributed by atoms with van der Waals surface area (Å²) in [5, 5.41) is 10.8. The number of nitrogens with zero attached hydrogens (tertiary/aromatic N) is 1. The van der Waals surface area contributed by atoms with Crippen molar-refractivity contribution in [2.24, 2.45) is 0 Å². The summed E-state index contributed by atoms with van der Waals surface area (Å²) in [6, 6.07) is 12.0. The van der Waals surface area contributed by atoms with Crippen LogP contribution in [0.15, 0.2) is 47.4 Å². The lowest BCUT2D eigenvalue weighted by Crippen LogP contribution is -2.26. The van der Waals surface area contributed by atoms with Gasteiger partial charge in [-0.3, -0.25) is 10.1 Å². The van der Waals surface area contributed by atoms with Crippen molar-refractivity contribution in [3.05, 3.63) is 69.3 Å². The van der Waals surface area contributed by atoms with E-state index in [0.29, 0.717) is 11.3 Å². The summed E-state index contributed by atoms with van der Waals surface area (Å²) < 4.78 is 27.2. The van der Waals surface area contributed by atoms with Gasteiger partial charge in [-0.05, 0) is 25.0 Å². The molecule has 0 unspecified atom stereocenters. The van der Waals surface area contributed by atoms with Gasteiger partial charge in [0.15, 0.2) is 0 Å². The molecule has 0 saturated heterocycles. The number of nitrogens with one attached hydrogen (secondary N) is 1. The summed E-state index contributed by atoms with van der Waals surface area (Å²) in [4.78, 5) is 10.2. The molecule has 2 aromatic carbocycles. The molecule has 0 atom stereocenters. The monoisotopic (exact) mass is 380 g/mol. The maximum absolute atomic E-state index is 12.4. The van der Waals surface area contributed by atoms with Crippen molar-refractivity contribution >= 4 is 27.5 Å². The number of aryl methyl sites for hydroxylation is 2. The number of non-ortho nitro benzene ring substituents is 1. The highest BCUT2D eigenvalue weighted by Crippen LogP contribution is 2.21. The fourth-order valence-corrected chi connectivity index (χ4v) is 4.43. The van der Waals surface area contributed by atoms with Crippen molar-refractivity contribution in [2.45, 2.75) is 24.5 Å². The van der Waals surface area contributed by atoms with Gasteiger partial charge in [0.1, 0.15) is 0 Å². The predicted molar refractivity (Wildman–Crippen MR) is 100 cm³/mol. The van der Waals surface area contributed by atoms with E-state index in [0.717, 1.165) is 11.8 Å². The summed E-state index contributed by atoms with van der Waals surface area (Å²) in [7, 11) is -3.77. The second-order valence-corrected chi connectivity index (χ2v) is 8.48. The molecule has 25 heavy (non-hydrogen) atoms. The second kappa shape index (κ2) is 8.46. The standard InChI is InChI=1S/C17H20N2O4S2/c1-13-3-6-15(7-4-13)12-24-10-9-18-25(22,23)17-11-16(19(20)21)8-5-14(17)2/h3-8,11,18H,9-10,12H2,1-2H3. The zero-order chi connectivity index (χ0) is 18.4. The van der Waals surface area contributed by atoms with Gasteiger partial charge in [-0.1, -0.05) is 35.9 Å². The molecule has 0 saturated carbocycles. The van der Waals surface area contributed by atoms with Crippen molar-refractivity contribution in [1.82, 2.24) is 4.72 Å². The molecule has 2 rings (SSSR count). The molecule has 6 nitrogen and oxygen atoms in total. The number of nitro benzene ring substituents is 1. The average Bonchev–Trinajstić information content (AvgIpc) is 2.56. The Bertz CT molecular complexity index is 849. The normalized spacial score (nSPS) is 11.4. The van der Waals surface area contributed by atoms with Crippen molar-refractivity contribution in [2.75, 3.05) is 12.3 Å². The van der Waals surface area contributed by atoms with Crippen LogP contribution in [0.5, 0.6) is 0 Å². The fourth-order valence-electron chi connectivity index (χ4n) is 2.19. The van der Waals surface area contributed by atoms with Crippen molar-refractivity contribution in [3.8, 4) is 0 Å². The molecule has 0 spiro atoms. The van der Waals surface area contributed by atoms with Crippen LogP contribution < -0.4 is 4.72 Å². The summed E-state index contributed by atoms with van der Waals surface area (Å²) in [5.41, 5.74) is 2.63. The highest BCUT2D eigenvalue weighted by molar-refractivity contribution is 7.98. The van der Waals surface area contributed by atoms with E-state index in [1.807, 2.05) is 19.1 Å². The van der Waals surface area contributed by atoms with Crippen molar-refractivity contribution < 1.29 is 13.3 Å². The van der Waals surface area contributed by atoms with Crippen LogP contribution in [0.2, 0.25) is 0 Å². The Morgan fingerprint density at radius 2 is 1.80 bits per heavy atom. The molecule has 0 bridgehead atoms. The van der Waals surface area contributed by atoms with Gasteiger partial charge in [-0.25, -0.2) is 13.1 Å². The first kappa shape index (κ1) is 19.4. The van der Waals surface area contributed by atoms with Gasteiger partial charge < -0.3 is 0 Å². The summed E-state index contributed by atoms with van der Waals surface area (Å²) in [5.74, 6) is 1.42. The van der Waals surface area contributed by atoms with E-state index in [4.69, 9.17) is 0 Å². The Labute approximate surface area is 151 Å². The topological polar surface area (TPSA) is 89.3 Å². The van der Waals surface area contributed by atoms with Crippen LogP contribution >= 0.6 is 11.8 Å². The first-order valence-corrected chi connectivity index (χ1v) is 10.3. The third kappa shape index (κ3) is 5.55. The van der Waals surface area contributed by atoms with E-state index >= 15 is 0 Å². The number of rotatable bonds is 8.